The van der Waals surface area contributed by atoms with Crippen LogP contribution in [0.3, 0.4) is 0 Å². The van der Waals surface area contributed by atoms with Crippen molar-refractivity contribution in [3.05, 3.63) is 30.2 Å². The van der Waals surface area contributed by atoms with Crippen molar-refractivity contribution in [2.45, 2.75) is 32.0 Å². The van der Waals surface area contributed by atoms with Gasteiger partial charge in [-0.05, 0) is 49.9 Å². The number of rotatable bonds is 3. The Labute approximate surface area is 153 Å². The molecule has 27 heavy (non-hydrogen) atoms. The van der Waals surface area contributed by atoms with E-state index in [2.05, 4.69) is 20.0 Å². The molecule has 0 spiro atoms. The number of aliphatic hydroxyl groups excluding tert-OH is 1. The summed E-state index contributed by atoms with van der Waals surface area (Å²) in [5.41, 5.74) is 0.839. The molecule has 2 amide bonds. The summed E-state index contributed by atoms with van der Waals surface area (Å²) in [6, 6.07) is 5.85. The van der Waals surface area contributed by atoms with Crippen molar-refractivity contribution < 1.29 is 27.6 Å². The van der Waals surface area contributed by atoms with E-state index < -0.39 is 12.1 Å². The number of aliphatic hydroxyl groups is 1. The number of anilines is 1. The average Bonchev–Trinajstić information content (AvgIpc) is 3.13. The van der Waals surface area contributed by atoms with E-state index in [4.69, 9.17) is 0 Å². The van der Waals surface area contributed by atoms with Gasteiger partial charge in [0.2, 0.25) is 5.82 Å². The summed E-state index contributed by atoms with van der Waals surface area (Å²) in [5, 5.41) is 15.7. The van der Waals surface area contributed by atoms with Gasteiger partial charge >= 0.3 is 18.1 Å². The normalized spacial score (nSPS) is 17.0. The first-order valence-corrected chi connectivity index (χ1v) is 8.49. The number of amides is 2. The van der Waals surface area contributed by atoms with E-state index in [1.807, 2.05) is 0 Å². The summed E-state index contributed by atoms with van der Waals surface area (Å²) in [6.45, 7) is 2.87. The van der Waals surface area contributed by atoms with Crippen molar-refractivity contribution in [3.63, 3.8) is 0 Å². The molecule has 0 bridgehead atoms. The fraction of sp³-hybridized carbons (Fsp3) is 0.471. The molecule has 0 aliphatic carbocycles. The number of alkyl halides is 3. The number of aromatic nitrogens is 2. The van der Waals surface area contributed by atoms with E-state index >= 15 is 0 Å². The van der Waals surface area contributed by atoms with Crippen LogP contribution in [0, 0.1) is 5.92 Å². The minimum atomic E-state index is -4.69. The maximum Gasteiger partial charge on any atom is 0.471 e. The van der Waals surface area contributed by atoms with E-state index in [1.165, 1.54) is 12.1 Å². The van der Waals surface area contributed by atoms with Crippen LogP contribution in [0.1, 0.15) is 25.7 Å². The molecule has 1 atom stereocenters. The molecule has 1 aromatic heterocycles. The van der Waals surface area contributed by atoms with Gasteiger partial charge in [0, 0.05) is 24.3 Å². The summed E-state index contributed by atoms with van der Waals surface area (Å²) >= 11 is 0. The summed E-state index contributed by atoms with van der Waals surface area (Å²) in [7, 11) is 0. The molecular formula is C17H19F3N4O3. The van der Waals surface area contributed by atoms with Crippen molar-refractivity contribution in [1.29, 1.82) is 0 Å². The molecule has 1 unspecified atom stereocenters. The molecule has 2 N–H and O–H groups in total. The zero-order valence-electron chi connectivity index (χ0n) is 14.5. The van der Waals surface area contributed by atoms with Crippen LogP contribution in [0.4, 0.5) is 23.7 Å². The smallest absolute Gasteiger partial charge is 0.393 e. The summed E-state index contributed by atoms with van der Waals surface area (Å²) in [6.07, 6.45) is -3.60. The Morgan fingerprint density at radius 3 is 2.44 bits per heavy atom. The third kappa shape index (κ3) is 4.57. The number of nitrogens with one attached hydrogen (secondary N) is 1. The lowest BCUT2D eigenvalue weighted by atomic mass is 9.92. The number of hydrogen-bond acceptors (Lipinski definition) is 5. The van der Waals surface area contributed by atoms with Crippen LogP contribution in [0.5, 0.6) is 0 Å². The number of benzene rings is 1. The molecule has 2 aromatic rings. The van der Waals surface area contributed by atoms with Crippen molar-refractivity contribution in [3.8, 4) is 11.4 Å². The third-order valence-corrected chi connectivity index (χ3v) is 4.57. The Hall–Kier alpha value is -2.62. The maximum atomic E-state index is 12.5. The first kappa shape index (κ1) is 19.2. The van der Waals surface area contributed by atoms with Gasteiger partial charge in [-0.2, -0.15) is 18.2 Å². The number of hydrogen-bond donors (Lipinski definition) is 2. The minimum Gasteiger partial charge on any atom is -0.393 e. The van der Waals surface area contributed by atoms with E-state index in [0.29, 0.717) is 24.3 Å². The molecule has 7 nitrogen and oxygen atoms in total. The molecule has 1 fully saturated rings. The van der Waals surface area contributed by atoms with Crippen LogP contribution in [-0.4, -0.2) is 45.4 Å². The monoisotopic (exact) mass is 384 g/mol. The maximum absolute atomic E-state index is 12.5. The minimum absolute atomic E-state index is 0.180. The molecule has 0 saturated carbocycles. The summed E-state index contributed by atoms with van der Waals surface area (Å²) in [4.78, 5) is 17.3. The molecule has 1 aliphatic rings. The molecule has 10 heteroatoms. The molecule has 0 radical (unpaired) electrons. The first-order valence-electron chi connectivity index (χ1n) is 8.49. The molecule has 3 rings (SSSR count). The van der Waals surface area contributed by atoms with Crippen LogP contribution in [0.2, 0.25) is 0 Å². The van der Waals surface area contributed by atoms with Gasteiger partial charge in [-0.25, -0.2) is 4.79 Å². The lowest BCUT2D eigenvalue weighted by Crippen LogP contribution is -2.42. The van der Waals surface area contributed by atoms with Crippen LogP contribution in [-0.2, 0) is 6.18 Å². The topological polar surface area (TPSA) is 91.5 Å². The second-order valence-electron chi connectivity index (χ2n) is 6.49. The molecule has 1 aliphatic heterocycles. The highest BCUT2D eigenvalue weighted by Crippen LogP contribution is 2.29. The first-order chi connectivity index (χ1) is 12.7. The van der Waals surface area contributed by atoms with Gasteiger partial charge in [0.1, 0.15) is 0 Å². The van der Waals surface area contributed by atoms with E-state index in [9.17, 15) is 23.1 Å². The zero-order chi connectivity index (χ0) is 19.6. The molecule has 1 saturated heterocycles. The Bertz CT molecular complexity index is 781. The number of carbonyl (C=O) groups excluding carboxylic acids is 1. The van der Waals surface area contributed by atoms with Gasteiger partial charge in [-0.1, -0.05) is 5.16 Å². The highest BCUT2D eigenvalue weighted by molar-refractivity contribution is 5.89. The van der Waals surface area contributed by atoms with Gasteiger partial charge in [0.05, 0.1) is 6.10 Å². The Kier molecular flexibility index (Phi) is 5.36. The lowest BCUT2D eigenvalue weighted by molar-refractivity contribution is -0.159. The fourth-order valence-electron chi connectivity index (χ4n) is 2.95. The molecular weight excluding hydrogens is 365 g/mol. The fourth-order valence-corrected chi connectivity index (χ4v) is 2.95. The van der Waals surface area contributed by atoms with Gasteiger partial charge in [-0.15, -0.1) is 0 Å². The second kappa shape index (κ2) is 7.55. The predicted octanol–water partition coefficient (Wildman–Crippen LogP) is 3.38. The number of halogens is 3. The average molecular weight is 384 g/mol. The quantitative estimate of drug-likeness (QED) is 0.847. The number of carbonyl (C=O) groups is 1. The number of nitrogens with zero attached hydrogens (tertiary/aromatic N) is 3. The van der Waals surface area contributed by atoms with E-state index in [0.717, 1.165) is 12.8 Å². The second-order valence-corrected chi connectivity index (χ2v) is 6.49. The molecule has 146 valence electrons. The van der Waals surface area contributed by atoms with Crippen molar-refractivity contribution in [2.24, 2.45) is 5.92 Å². The summed E-state index contributed by atoms with van der Waals surface area (Å²) < 4.78 is 41.7. The van der Waals surface area contributed by atoms with Crippen LogP contribution in [0.25, 0.3) is 11.4 Å². The van der Waals surface area contributed by atoms with Crippen LogP contribution < -0.4 is 5.32 Å². The van der Waals surface area contributed by atoms with Crippen molar-refractivity contribution in [1.82, 2.24) is 15.0 Å². The van der Waals surface area contributed by atoms with Gasteiger partial charge < -0.3 is 19.8 Å². The Morgan fingerprint density at radius 2 is 1.93 bits per heavy atom. The van der Waals surface area contributed by atoms with Crippen molar-refractivity contribution >= 4 is 11.7 Å². The van der Waals surface area contributed by atoms with Gasteiger partial charge in [0.25, 0.3) is 0 Å². The Morgan fingerprint density at radius 1 is 1.30 bits per heavy atom. The molecule has 2 heterocycles. The highest BCUT2D eigenvalue weighted by Gasteiger charge is 2.38. The van der Waals surface area contributed by atoms with Crippen molar-refractivity contribution in [2.75, 3.05) is 18.4 Å². The van der Waals surface area contributed by atoms with Gasteiger partial charge in [-0.3, -0.25) is 0 Å². The van der Waals surface area contributed by atoms with E-state index in [1.54, 1.807) is 24.0 Å². The number of urea groups is 1. The highest BCUT2D eigenvalue weighted by atomic mass is 19.4. The largest absolute Gasteiger partial charge is 0.471 e. The van der Waals surface area contributed by atoms with E-state index in [-0.39, 0.29) is 23.9 Å². The number of likely N-dealkylation sites (tertiary alicyclic amines) is 1. The lowest BCUT2D eigenvalue weighted by Gasteiger charge is -2.33. The number of piperidine rings is 1. The summed E-state index contributed by atoms with van der Waals surface area (Å²) in [5.74, 6) is -1.39. The third-order valence-electron chi connectivity index (χ3n) is 4.57. The van der Waals surface area contributed by atoms with Crippen LogP contribution >= 0.6 is 0 Å². The molecule has 1 aromatic carbocycles. The predicted molar refractivity (Wildman–Crippen MR) is 89.7 cm³/mol. The Balaban J connectivity index is 1.59. The standard InChI is InChI=1S/C17H19F3N4O3/c1-10(25)11-6-8-24(9-7-11)16(26)21-13-4-2-12(3-5-13)14-22-15(27-23-14)17(18,19)20/h2-5,10-11,25H,6-9H2,1H3,(H,21,26). The zero-order valence-corrected chi connectivity index (χ0v) is 14.5. The SMILES string of the molecule is CC(O)C1CCN(C(=O)Nc2ccc(-c3noc(C(F)(F)F)n3)cc2)CC1. The van der Waals surface area contributed by atoms with Crippen LogP contribution in [0.15, 0.2) is 28.8 Å². The van der Waals surface area contributed by atoms with Gasteiger partial charge in [0.15, 0.2) is 0 Å².